The number of rotatable bonds is 4. The molecule has 0 heterocycles. The van der Waals surface area contributed by atoms with Gasteiger partial charge in [-0.3, -0.25) is 0 Å². The maximum Gasteiger partial charge on any atom is 0.404 e. The smallest absolute Gasteiger partial charge is 0.404 e. The van der Waals surface area contributed by atoms with Gasteiger partial charge in [-0.25, -0.2) is 4.79 Å². The van der Waals surface area contributed by atoms with Gasteiger partial charge in [0.2, 0.25) is 0 Å². The average molecular weight is 255 g/mol. The van der Waals surface area contributed by atoms with E-state index in [-0.39, 0.29) is 6.61 Å². The Bertz CT molecular complexity index is 565. The summed E-state index contributed by atoms with van der Waals surface area (Å²) in [5, 5.41) is 8.21. The van der Waals surface area contributed by atoms with E-state index in [9.17, 15) is 4.79 Å². The first-order chi connectivity index (χ1) is 9.24. The summed E-state index contributed by atoms with van der Waals surface area (Å²) in [4.78, 5) is 10.5. The quantitative estimate of drug-likeness (QED) is 0.845. The van der Waals surface area contributed by atoms with Gasteiger partial charge in [0.1, 0.15) is 6.61 Å². The Labute approximate surface area is 110 Å². The number of azo groups is 1. The van der Waals surface area contributed by atoms with Gasteiger partial charge < -0.3 is 10.5 Å². The van der Waals surface area contributed by atoms with Crippen molar-refractivity contribution in [3.05, 3.63) is 60.2 Å². The van der Waals surface area contributed by atoms with E-state index in [4.69, 9.17) is 5.73 Å². The number of carbonyl (C=O) groups excluding carboxylic acids is 1. The van der Waals surface area contributed by atoms with Crippen molar-refractivity contribution in [1.29, 1.82) is 0 Å². The summed E-state index contributed by atoms with van der Waals surface area (Å²) in [7, 11) is 0. The second-order valence-electron chi connectivity index (χ2n) is 3.81. The van der Waals surface area contributed by atoms with Crippen LogP contribution in [0, 0.1) is 0 Å². The van der Waals surface area contributed by atoms with Crippen LogP contribution in [0.1, 0.15) is 5.56 Å². The monoisotopic (exact) mass is 255 g/mol. The Balaban J connectivity index is 1.99. The van der Waals surface area contributed by atoms with Crippen molar-refractivity contribution in [2.45, 2.75) is 6.61 Å². The second kappa shape index (κ2) is 6.30. The summed E-state index contributed by atoms with van der Waals surface area (Å²) in [5.74, 6) is 0. The lowest BCUT2D eigenvalue weighted by Crippen LogP contribution is -2.12. The number of benzene rings is 2. The molecule has 0 saturated carbocycles. The minimum Gasteiger partial charge on any atom is -0.445 e. The first-order valence-corrected chi connectivity index (χ1v) is 5.72. The van der Waals surface area contributed by atoms with Gasteiger partial charge in [-0.05, 0) is 29.8 Å². The van der Waals surface area contributed by atoms with Gasteiger partial charge in [0.25, 0.3) is 0 Å². The maximum atomic E-state index is 10.5. The van der Waals surface area contributed by atoms with E-state index in [1.807, 2.05) is 42.5 Å². The highest BCUT2D eigenvalue weighted by Crippen LogP contribution is 2.18. The molecule has 1 amide bonds. The van der Waals surface area contributed by atoms with Gasteiger partial charge >= 0.3 is 6.09 Å². The Morgan fingerprint density at radius 3 is 2.11 bits per heavy atom. The van der Waals surface area contributed by atoms with Crippen molar-refractivity contribution >= 4 is 17.5 Å². The predicted octanol–water partition coefficient (Wildman–Crippen LogP) is 3.70. The lowest BCUT2D eigenvalue weighted by atomic mass is 10.2. The van der Waals surface area contributed by atoms with E-state index in [2.05, 4.69) is 15.0 Å². The van der Waals surface area contributed by atoms with Crippen LogP contribution in [0.25, 0.3) is 0 Å². The summed E-state index contributed by atoms with van der Waals surface area (Å²) < 4.78 is 4.68. The van der Waals surface area contributed by atoms with Gasteiger partial charge in [0.05, 0.1) is 11.4 Å². The fraction of sp³-hybridized carbons (Fsp3) is 0.0714. The molecule has 2 aromatic carbocycles. The maximum absolute atomic E-state index is 10.5. The van der Waals surface area contributed by atoms with Crippen molar-refractivity contribution in [1.82, 2.24) is 0 Å². The topological polar surface area (TPSA) is 77.0 Å². The van der Waals surface area contributed by atoms with Crippen molar-refractivity contribution in [3.63, 3.8) is 0 Å². The number of ether oxygens (including phenoxy) is 1. The Kier molecular flexibility index (Phi) is 4.23. The van der Waals surface area contributed by atoms with Crippen molar-refractivity contribution in [2.75, 3.05) is 0 Å². The molecule has 2 N–H and O–H groups in total. The molecule has 0 aliphatic carbocycles. The molecule has 0 aliphatic rings. The van der Waals surface area contributed by atoms with Crippen LogP contribution < -0.4 is 5.73 Å². The number of carbonyl (C=O) groups is 1. The van der Waals surface area contributed by atoms with Crippen LogP contribution in [0.15, 0.2) is 64.8 Å². The molecular weight excluding hydrogens is 242 g/mol. The largest absolute Gasteiger partial charge is 0.445 e. The molecule has 0 fully saturated rings. The van der Waals surface area contributed by atoms with Crippen LogP contribution in [-0.4, -0.2) is 6.09 Å². The summed E-state index contributed by atoms with van der Waals surface area (Å²) >= 11 is 0. The predicted molar refractivity (Wildman–Crippen MR) is 71.4 cm³/mol. The lowest BCUT2D eigenvalue weighted by molar-refractivity contribution is 0.150. The SMILES string of the molecule is NC(=O)OCc1ccc(/N=N/c2ccccc2)cc1. The number of amides is 1. The molecule has 96 valence electrons. The Morgan fingerprint density at radius 2 is 1.53 bits per heavy atom. The summed E-state index contributed by atoms with van der Waals surface area (Å²) in [6, 6.07) is 16.7. The zero-order valence-electron chi connectivity index (χ0n) is 10.2. The molecule has 0 atom stereocenters. The van der Waals surface area contributed by atoms with Gasteiger partial charge in [-0.1, -0.05) is 30.3 Å². The standard InChI is InChI=1S/C14H13N3O2/c15-14(18)19-10-11-6-8-13(9-7-11)17-16-12-4-2-1-3-5-12/h1-9H,10H2,(H2,15,18)/b17-16+. The second-order valence-corrected chi connectivity index (χ2v) is 3.81. The van der Waals surface area contributed by atoms with Crippen LogP contribution in [-0.2, 0) is 11.3 Å². The van der Waals surface area contributed by atoms with Crippen molar-refractivity contribution in [2.24, 2.45) is 16.0 Å². The van der Waals surface area contributed by atoms with Crippen molar-refractivity contribution < 1.29 is 9.53 Å². The molecule has 0 unspecified atom stereocenters. The van der Waals surface area contributed by atoms with Gasteiger partial charge in [0.15, 0.2) is 0 Å². The van der Waals surface area contributed by atoms with E-state index < -0.39 is 6.09 Å². The molecule has 5 heteroatoms. The Morgan fingerprint density at radius 1 is 0.947 bits per heavy atom. The van der Waals surface area contributed by atoms with E-state index >= 15 is 0 Å². The average Bonchev–Trinajstić information content (AvgIpc) is 2.45. The Hall–Kier alpha value is -2.69. The number of nitrogens with two attached hydrogens (primary N) is 1. The van der Waals surface area contributed by atoms with E-state index in [1.54, 1.807) is 12.1 Å². The minimum atomic E-state index is -0.784. The van der Waals surface area contributed by atoms with Gasteiger partial charge in [-0.2, -0.15) is 10.2 Å². The summed E-state index contributed by atoms with van der Waals surface area (Å²) in [6.45, 7) is 0.158. The van der Waals surface area contributed by atoms with E-state index in [1.165, 1.54) is 0 Å². The molecule has 0 spiro atoms. The molecule has 0 bridgehead atoms. The third-order valence-corrected chi connectivity index (χ3v) is 2.35. The molecule has 0 aliphatic heterocycles. The molecule has 5 nitrogen and oxygen atoms in total. The molecule has 0 radical (unpaired) electrons. The highest BCUT2D eigenvalue weighted by molar-refractivity contribution is 5.64. The summed E-state index contributed by atoms with van der Waals surface area (Å²) in [6.07, 6.45) is -0.784. The van der Waals surface area contributed by atoms with Gasteiger partial charge in [0, 0.05) is 0 Å². The molecular formula is C14H13N3O2. The fourth-order valence-electron chi connectivity index (χ4n) is 1.42. The van der Waals surface area contributed by atoms with Crippen LogP contribution in [0.3, 0.4) is 0 Å². The third kappa shape index (κ3) is 4.23. The minimum absolute atomic E-state index is 0.158. The van der Waals surface area contributed by atoms with E-state index in [0.717, 1.165) is 16.9 Å². The van der Waals surface area contributed by atoms with Gasteiger partial charge in [-0.15, -0.1) is 0 Å². The molecule has 19 heavy (non-hydrogen) atoms. The third-order valence-electron chi connectivity index (χ3n) is 2.35. The number of hydrogen-bond donors (Lipinski definition) is 1. The molecule has 2 aromatic rings. The van der Waals surface area contributed by atoms with E-state index in [0.29, 0.717) is 0 Å². The number of primary amides is 1. The lowest BCUT2D eigenvalue weighted by Gasteiger charge is -2.01. The van der Waals surface area contributed by atoms with Crippen molar-refractivity contribution in [3.8, 4) is 0 Å². The highest BCUT2D eigenvalue weighted by atomic mass is 16.5. The van der Waals surface area contributed by atoms with Crippen LogP contribution in [0.4, 0.5) is 16.2 Å². The zero-order chi connectivity index (χ0) is 13.5. The molecule has 0 aromatic heterocycles. The van der Waals surface area contributed by atoms with Crippen LogP contribution >= 0.6 is 0 Å². The first-order valence-electron chi connectivity index (χ1n) is 5.72. The fourth-order valence-corrected chi connectivity index (χ4v) is 1.42. The summed E-state index contributed by atoms with van der Waals surface area (Å²) in [5.41, 5.74) is 7.26. The first kappa shape index (κ1) is 12.8. The highest BCUT2D eigenvalue weighted by Gasteiger charge is 1.97. The molecule has 0 saturated heterocycles. The number of hydrogen-bond acceptors (Lipinski definition) is 4. The van der Waals surface area contributed by atoms with Crippen LogP contribution in [0.2, 0.25) is 0 Å². The normalized spacial score (nSPS) is 10.5. The van der Waals surface area contributed by atoms with Crippen LogP contribution in [0.5, 0.6) is 0 Å². The molecule has 2 rings (SSSR count). The zero-order valence-corrected chi connectivity index (χ0v) is 10.2. The number of nitrogens with zero attached hydrogens (tertiary/aromatic N) is 2.